The Bertz CT molecular complexity index is 1470. The summed E-state index contributed by atoms with van der Waals surface area (Å²) in [5, 5.41) is 23.9. The second-order valence-corrected chi connectivity index (χ2v) is 13.0. The molecule has 2 saturated heterocycles. The molecule has 1 atom stereocenters. The number of amides is 1. The number of rotatable bonds is 7. The fraction of sp³-hybridized carbons (Fsp3) is 0.515. The first-order valence-corrected chi connectivity index (χ1v) is 14.8. The number of fused-ring (bicyclic) bond motifs is 1. The first-order chi connectivity index (χ1) is 19.4. The molecule has 0 bridgehead atoms. The van der Waals surface area contributed by atoms with E-state index in [0.717, 1.165) is 38.8 Å². The summed E-state index contributed by atoms with van der Waals surface area (Å²) in [5.41, 5.74) is 6.67. The molecule has 1 aromatic heterocycles. The second kappa shape index (κ2) is 9.73. The summed E-state index contributed by atoms with van der Waals surface area (Å²) < 4.78 is 5.08. The van der Waals surface area contributed by atoms with Crippen molar-refractivity contribution in [2.75, 3.05) is 26.3 Å². The minimum atomic E-state index is -0.948. The molecular weight excluding hydrogens is 500 g/mol. The Morgan fingerprint density at radius 2 is 1.98 bits per heavy atom. The number of likely N-dealkylation sites (tertiary alicyclic amines) is 1. The highest BCUT2D eigenvalue weighted by Crippen LogP contribution is 2.57. The number of nitriles is 1. The maximum absolute atomic E-state index is 12.8. The molecule has 7 nitrogen and oxygen atoms in total. The second-order valence-electron chi connectivity index (χ2n) is 13.0. The predicted molar refractivity (Wildman–Crippen MR) is 153 cm³/mol. The number of hydrogen-bond donors (Lipinski definition) is 3. The van der Waals surface area contributed by atoms with Gasteiger partial charge in [-0.15, -0.1) is 0 Å². The largest absolute Gasteiger partial charge is 0.383 e. The van der Waals surface area contributed by atoms with Gasteiger partial charge in [-0.1, -0.05) is 18.2 Å². The van der Waals surface area contributed by atoms with Crippen molar-refractivity contribution in [3.8, 4) is 6.07 Å². The molecule has 2 aliphatic carbocycles. The molecule has 2 aromatic carbocycles. The highest BCUT2D eigenvalue weighted by Gasteiger charge is 2.49. The zero-order chi connectivity index (χ0) is 27.5. The summed E-state index contributed by atoms with van der Waals surface area (Å²) in [6.45, 7) is 4.84. The van der Waals surface area contributed by atoms with Crippen molar-refractivity contribution in [3.05, 3.63) is 70.4 Å². The van der Waals surface area contributed by atoms with Crippen molar-refractivity contribution in [2.24, 2.45) is 11.3 Å². The molecule has 0 radical (unpaired) electrons. The van der Waals surface area contributed by atoms with Crippen LogP contribution in [-0.2, 0) is 11.3 Å². The maximum atomic E-state index is 12.8. The van der Waals surface area contributed by atoms with Gasteiger partial charge < -0.3 is 20.1 Å². The summed E-state index contributed by atoms with van der Waals surface area (Å²) in [4.78, 5) is 18.9. The van der Waals surface area contributed by atoms with Crippen molar-refractivity contribution in [3.63, 3.8) is 0 Å². The van der Waals surface area contributed by atoms with Crippen molar-refractivity contribution >= 4 is 16.8 Å². The molecule has 40 heavy (non-hydrogen) atoms. The van der Waals surface area contributed by atoms with Crippen molar-refractivity contribution in [1.82, 2.24) is 15.2 Å². The van der Waals surface area contributed by atoms with Crippen LogP contribution < -0.4 is 5.32 Å². The Balaban J connectivity index is 1.16. The van der Waals surface area contributed by atoms with Crippen LogP contribution in [0.4, 0.5) is 0 Å². The summed E-state index contributed by atoms with van der Waals surface area (Å²) in [6, 6.07) is 15.4. The molecule has 0 unspecified atom stereocenters. The van der Waals surface area contributed by atoms with E-state index in [2.05, 4.69) is 58.7 Å². The Morgan fingerprint density at radius 3 is 2.65 bits per heavy atom. The summed E-state index contributed by atoms with van der Waals surface area (Å²) in [6.07, 6.45) is 8.80. The molecule has 4 fully saturated rings. The van der Waals surface area contributed by atoms with Crippen LogP contribution in [0.15, 0.2) is 42.6 Å². The topological polar surface area (TPSA) is 101 Å². The van der Waals surface area contributed by atoms with Crippen LogP contribution in [0.3, 0.4) is 0 Å². The zero-order valence-electron chi connectivity index (χ0n) is 23.2. The minimum absolute atomic E-state index is 0.178. The van der Waals surface area contributed by atoms with Crippen molar-refractivity contribution in [2.45, 2.75) is 69.6 Å². The lowest BCUT2D eigenvalue weighted by Crippen LogP contribution is -2.56. The van der Waals surface area contributed by atoms with Gasteiger partial charge in [-0.25, -0.2) is 0 Å². The molecule has 4 aliphatic rings. The Morgan fingerprint density at radius 1 is 1.20 bits per heavy atom. The highest BCUT2D eigenvalue weighted by atomic mass is 16.5. The van der Waals surface area contributed by atoms with Gasteiger partial charge in [0.1, 0.15) is 5.60 Å². The fourth-order valence-corrected chi connectivity index (χ4v) is 7.42. The van der Waals surface area contributed by atoms with Crippen LogP contribution >= 0.6 is 0 Å². The molecular formula is C33H38N4O3. The minimum Gasteiger partial charge on any atom is -0.383 e. The quantitative estimate of drug-likeness (QED) is 0.389. The van der Waals surface area contributed by atoms with Crippen LogP contribution in [0, 0.1) is 29.6 Å². The number of carbonyl (C=O) groups excluding carboxylic acids is 1. The van der Waals surface area contributed by atoms with Gasteiger partial charge in [-0.2, -0.15) is 5.26 Å². The molecule has 3 heterocycles. The van der Waals surface area contributed by atoms with E-state index in [1.54, 1.807) is 0 Å². The molecule has 7 rings (SSSR count). The average Bonchev–Trinajstić information content (AvgIpc) is 3.66. The molecule has 3 aromatic rings. The number of aromatic amines is 1. The normalized spacial score (nSPS) is 27.6. The lowest BCUT2D eigenvalue weighted by Gasteiger charge is -2.53. The number of hydrogen-bond acceptors (Lipinski definition) is 5. The number of aryl methyl sites for hydroxylation is 1. The lowest BCUT2D eigenvalue weighted by atomic mass is 9.56. The third-order valence-corrected chi connectivity index (χ3v) is 9.98. The fourth-order valence-electron chi connectivity index (χ4n) is 7.42. The van der Waals surface area contributed by atoms with E-state index in [1.165, 1.54) is 46.0 Å². The number of aromatic nitrogens is 1. The molecule has 3 N–H and O–H groups in total. The van der Waals surface area contributed by atoms with Crippen LogP contribution in [-0.4, -0.2) is 52.8 Å². The Labute approximate surface area is 235 Å². The van der Waals surface area contributed by atoms with Gasteiger partial charge in [0.2, 0.25) is 0 Å². The van der Waals surface area contributed by atoms with Crippen LogP contribution in [0.5, 0.6) is 0 Å². The van der Waals surface area contributed by atoms with Gasteiger partial charge >= 0.3 is 0 Å². The van der Waals surface area contributed by atoms with Gasteiger partial charge in [-0.3, -0.25) is 9.69 Å². The first-order valence-electron chi connectivity index (χ1n) is 14.8. The van der Waals surface area contributed by atoms with Gasteiger partial charge in [0.05, 0.1) is 25.8 Å². The lowest BCUT2D eigenvalue weighted by molar-refractivity contribution is -0.173. The molecule has 7 heteroatoms. The van der Waals surface area contributed by atoms with E-state index in [9.17, 15) is 15.2 Å². The molecule has 2 aliphatic heterocycles. The van der Waals surface area contributed by atoms with Crippen LogP contribution in [0.25, 0.3) is 10.9 Å². The number of aliphatic hydroxyl groups is 1. The Hall–Kier alpha value is -3.18. The monoisotopic (exact) mass is 538 g/mol. The summed E-state index contributed by atoms with van der Waals surface area (Å²) >= 11 is 0. The average molecular weight is 539 g/mol. The number of nitrogens with zero attached hydrogens (tertiary/aromatic N) is 2. The standard InChI is InChI=1S/C33H38N4O3/c1-21-12-27(23-2-3-23)28(26-8-10-35-30(21)26)17-37-11-9-32(13-22(14-32)16-34)15-29(37)24-4-6-25(7-5-24)31(38)36-18-33(39)19-40-20-33/h4-8,10,12,22-23,29,35,39H,2-3,9,11,13-15,17-20H2,1H3,(H,36,38)/t22?,29-,32?/m0/s1. The van der Waals surface area contributed by atoms with E-state index in [4.69, 9.17) is 4.74 Å². The van der Waals surface area contributed by atoms with E-state index in [-0.39, 0.29) is 43.0 Å². The number of piperidine rings is 1. The number of benzene rings is 2. The maximum Gasteiger partial charge on any atom is 0.251 e. The van der Waals surface area contributed by atoms with E-state index in [1.807, 2.05) is 12.1 Å². The van der Waals surface area contributed by atoms with Crippen molar-refractivity contribution < 1.29 is 14.6 Å². The summed E-state index contributed by atoms with van der Waals surface area (Å²) in [5.74, 6) is 0.684. The number of carbonyl (C=O) groups is 1. The number of H-pyrrole nitrogens is 1. The molecule has 1 spiro atoms. The van der Waals surface area contributed by atoms with Gasteiger partial charge in [0.15, 0.2) is 0 Å². The van der Waals surface area contributed by atoms with Gasteiger partial charge in [0.25, 0.3) is 5.91 Å². The SMILES string of the molecule is Cc1cc(C2CC2)c(CN2CCC3(CC(C#N)C3)C[C@H]2c2ccc(C(=O)NCC3(O)COC3)cc2)c2cc[nH]c12. The van der Waals surface area contributed by atoms with Crippen LogP contribution in [0.2, 0.25) is 0 Å². The predicted octanol–water partition coefficient (Wildman–Crippen LogP) is 5.10. The Kier molecular flexibility index (Phi) is 6.27. The smallest absolute Gasteiger partial charge is 0.251 e. The molecule has 1 amide bonds. The third-order valence-electron chi connectivity index (χ3n) is 9.98. The molecule has 2 saturated carbocycles. The van der Waals surface area contributed by atoms with Gasteiger partial charge in [0, 0.05) is 41.2 Å². The third kappa shape index (κ3) is 4.62. The van der Waals surface area contributed by atoms with E-state index >= 15 is 0 Å². The highest BCUT2D eigenvalue weighted by molar-refractivity contribution is 5.94. The zero-order valence-corrected chi connectivity index (χ0v) is 23.2. The van der Waals surface area contributed by atoms with E-state index < -0.39 is 5.60 Å². The summed E-state index contributed by atoms with van der Waals surface area (Å²) in [7, 11) is 0. The first kappa shape index (κ1) is 25.8. The van der Waals surface area contributed by atoms with E-state index in [0.29, 0.717) is 11.5 Å². The molecule has 208 valence electrons. The van der Waals surface area contributed by atoms with Crippen LogP contribution in [0.1, 0.15) is 83.1 Å². The van der Waals surface area contributed by atoms with Crippen molar-refractivity contribution in [1.29, 1.82) is 5.26 Å². The number of nitrogens with one attached hydrogen (secondary N) is 2. The number of ether oxygens (including phenoxy) is 1. The van der Waals surface area contributed by atoms with Gasteiger partial charge in [-0.05, 0) is 104 Å².